The molecule has 4 rings (SSSR count). The molecule has 2 N–H and O–H groups in total. The zero-order valence-corrected chi connectivity index (χ0v) is 15.1. The van der Waals surface area contributed by atoms with Gasteiger partial charge in [-0.15, -0.1) is 0 Å². The summed E-state index contributed by atoms with van der Waals surface area (Å²) in [5.41, 5.74) is 2.62. The van der Waals surface area contributed by atoms with Crippen LogP contribution in [-0.4, -0.2) is 40.5 Å². The van der Waals surface area contributed by atoms with Crippen LogP contribution in [0.1, 0.15) is 50.7 Å². The summed E-state index contributed by atoms with van der Waals surface area (Å²) in [5.74, 6) is -0.431. The van der Waals surface area contributed by atoms with Gasteiger partial charge in [-0.05, 0) is 43.2 Å². The van der Waals surface area contributed by atoms with Gasteiger partial charge in [0.15, 0.2) is 0 Å². The molecule has 0 radical (unpaired) electrons. The van der Waals surface area contributed by atoms with Gasteiger partial charge in [0.05, 0.1) is 5.41 Å². The molecule has 136 valence electrons. The smallest absolute Gasteiger partial charge is 0.300 e. The fraction of sp³-hybridized carbons (Fsp3) is 0.600. The van der Waals surface area contributed by atoms with Crippen LogP contribution in [0.2, 0.25) is 0 Å². The molecule has 0 aliphatic carbocycles. The number of hydrogen-bond donors (Lipinski definition) is 2. The van der Waals surface area contributed by atoms with Crippen molar-refractivity contribution in [3.05, 3.63) is 35.4 Å². The number of fused-ring (bicyclic) bond motifs is 3. The number of aliphatic carboxylic acids is 1. The van der Waals surface area contributed by atoms with Gasteiger partial charge in [-0.25, -0.2) is 0 Å². The maximum atomic E-state index is 13.2. The molecule has 2 fully saturated rings. The number of hydrogen-bond acceptors (Lipinski definition) is 3. The topological polar surface area (TPSA) is 69.6 Å². The standard InChI is InChI=1S/C18H24N2O.C2H4O2/c1-2-18(11-15-7-8-16(18)19-15)17(21)20-10-9-13-5-3-4-6-14(13)12-20;1-2(3)4/h3-6,15-16,19H,2,7-12H2,1H3;1H3,(H,3,4)/t15-,16+,18+;/m0./s1. The molecule has 3 aliphatic rings. The minimum atomic E-state index is -0.833. The second-order valence-corrected chi connectivity index (χ2v) is 7.47. The Morgan fingerprint density at radius 2 is 1.96 bits per heavy atom. The van der Waals surface area contributed by atoms with E-state index in [1.54, 1.807) is 0 Å². The van der Waals surface area contributed by atoms with Crippen LogP contribution in [0.3, 0.4) is 0 Å². The van der Waals surface area contributed by atoms with Crippen molar-refractivity contribution >= 4 is 11.9 Å². The Labute approximate surface area is 149 Å². The molecule has 2 bridgehead atoms. The SMILES string of the molecule is CC(=O)O.CC[C@@]1(C(=O)N2CCc3ccccc3C2)C[C@@H]2CC[C@H]1N2. The number of carbonyl (C=O) groups excluding carboxylic acids is 1. The van der Waals surface area contributed by atoms with Crippen LogP contribution in [0.4, 0.5) is 0 Å². The van der Waals surface area contributed by atoms with Crippen LogP contribution in [0.15, 0.2) is 24.3 Å². The van der Waals surface area contributed by atoms with Gasteiger partial charge in [-0.2, -0.15) is 0 Å². The van der Waals surface area contributed by atoms with E-state index in [1.807, 2.05) is 0 Å². The summed E-state index contributed by atoms with van der Waals surface area (Å²) in [4.78, 5) is 24.4. The van der Waals surface area contributed by atoms with Gasteiger partial charge in [0.2, 0.25) is 5.91 Å². The number of nitrogens with zero attached hydrogens (tertiary/aromatic N) is 1. The molecule has 2 saturated heterocycles. The number of amides is 1. The first-order chi connectivity index (χ1) is 12.0. The van der Waals surface area contributed by atoms with E-state index in [2.05, 4.69) is 41.4 Å². The highest BCUT2D eigenvalue weighted by Crippen LogP contribution is 2.47. The second kappa shape index (κ2) is 7.16. The highest BCUT2D eigenvalue weighted by atomic mass is 16.4. The van der Waals surface area contributed by atoms with Crippen LogP contribution in [-0.2, 0) is 22.6 Å². The molecule has 1 aromatic carbocycles. The molecule has 5 heteroatoms. The number of rotatable bonds is 2. The fourth-order valence-electron chi connectivity index (χ4n) is 4.76. The van der Waals surface area contributed by atoms with Gasteiger partial charge in [-0.1, -0.05) is 31.2 Å². The van der Waals surface area contributed by atoms with Crippen molar-refractivity contribution in [1.29, 1.82) is 0 Å². The van der Waals surface area contributed by atoms with Crippen LogP contribution < -0.4 is 5.32 Å². The van der Waals surface area contributed by atoms with E-state index in [9.17, 15) is 4.79 Å². The summed E-state index contributed by atoms with van der Waals surface area (Å²) in [6, 6.07) is 9.55. The number of carbonyl (C=O) groups is 2. The highest BCUT2D eigenvalue weighted by molar-refractivity contribution is 5.84. The Morgan fingerprint density at radius 1 is 1.28 bits per heavy atom. The lowest BCUT2D eigenvalue weighted by Crippen LogP contribution is -2.51. The van der Waals surface area contributed by atoms with Crippen molar-refractivity contribution in [3.8, 4) is 0 Å². The summed E-state index contributed by atoms with van der Waals surface area (Å²) in [6.45, 7) is 4.96. The van der Waals surface area contributed by atoms with Crippen molar-refractivity contribution < 1.29 is 14.7 Å². The molecule has 0 saturated carbocycles. The molecule has 3 heterocycles. The van der Waals surface area contributed by atoms with Gasteiger partial charge in [0, 0.05) is 32.1 Å². The van der Waals surface area contributed by atoms with E-state index >= 15 is 0 Å². The largest absolute Gasteiger partial charge is 0.481 e. The molecule has 0 unspecified atom stereocenters. The van der Waals surface area contributed by atoms with Crippen LogP contribution in [0.5, 0.6) is 0 Å². The average molecular weight is 344 g/mol. The zero-order valence-electron chi connectivity index (χ0n) is 15.1. The predicted molar refractivity (Wildman–Crippen MR) is 96.2 cm³/mol. The summed E-state index contributed by atoms with van der Waals surface area (Å²) in [7, 11) is 0. The van der Waals surface area contributed by atoms with Gasteiger partial charge < -0.3 is 15.3 Å². The molecule has 0 aromatic heterocycles. The van der Waals surface area contributed by atoms with Gasteiger partial charge in [-0.3, -0.25) is 9.59 Å². The molecule has 25 heavy (non-hydrogen) atoms. The van der Waals surface area contributed by atoms with Gasteiger partial charge in [0.25, 0.3) is 5.97 Å². The molecule has 1 aromatic rings. The summed E-state index contributed by atoms with van der Waals surface area (Å²) >= 11 is 0. The Hall–Kier alpha value is -1.88. The highest BCUT2D eigenvalue weighted by Gasteiger charge is 2.55. The summed E-state index contributed by atoms with van der Waals surface area (Å²) in [5, 5.41) is 11.1. The third-order valence-corrected chi connectivity index (χ3v) is 5.99. The molecular formula is C20H28N2O3. The lowest BCUT2D eigenvalue weighted by molar-refractivity contribution is -0.144. The first kappa shape index (κ1) is 17.9. The van der Waals surface area contributed by atoms with E-state index in [4.69, 9.17) is 9.90 Å². The van der Waals surface area contributed by atoms with E-state index in [0.717, 1.165) is 39.3 Å². The molecule has 0 spiro atoms. The van der Waals surface area contributed by atoms with Crippen molar-refractivity contribution in [3.63, 3.8) is 0 Å². The Morgan fingerprint density at radius 3 is 2.52 bits per heavy atom. The Balaban J connectivity index is 0.000000415. The van der Waals surface area contributed by atoms with Crippen LogP contribution in [0.25, 0.3) is 0 Å². The van der Waals surface area contributed by atoms with Crippen molar-refractivity contribution in [2.45, 2.75) is 64.6 Å². The third kappa shape index (κ3) is 3.43. The summed E-state index contributed by atoms with van der Waals surface area (Å²) < 4.78 is 0. The predicted octanol–water partition coefficient (Wildman–Crippen LogP) is 2.58. The molecule has 1 amide bonds. The van der Waals surface area contributed by atoms with E-state index in [1.165, 1.54) is 24.0 Å². The maximum Gasteiger partial charge on any atom is 0.300 e. The number of carboxylic acid groups (broad SMARTS) is 1. The lowest BCUT2D eigenvalue weighted by atomic mass is 9.70. The van der Waals surface area contributed by atoms with Crippen molar-refractivity contribution in [2.24, 2.45) is 5.41 Å². The Bertz CT molecular complexity index is 656. The first-order valence-electron chi connectivity index (χ1n) is 9.28. The van der Waals surface area contributed by atoms with Crippen LogP contribution >= 0.6 is 0 Å². The normalized spacial score (nSPS) is 29.6. The lowest BCUT2D eigenvalue weighted by Gasteiger charge is -2.40. The Kier molecular flexibility index (Phi) is 5.13. The minimum absolute atomic E-state index is 0.130. The monoisotopic (exact) mass is 344 g/mol. The van der Waals surface area contributed by atoms with Crippen LogP contribution in [0, 0.1) is 5.41 Å². The van der Waals surface area contributed by atoms with Crippen molar-refractivity contribution in [1.82, 2.24) is 10.2 Å². The van der Waals surface area contributed by atoms with E-state index in [-0.39, 0.29) is 5.41 Å². The average Bonchev–Trinajstić information content (AvgIpc) is 3.21. The van der Waals surface area contributed by atoms with Gasteiger partial charge >= 0.3 is 0 Å². The fourth-order valence-corrected chi connectivity index (χ4v) is 4.76. The number of benzene rings is 1. The molecule has 5 nitrogen and oxygen atoms in total. The minimum Gasteiger partial charge on any atom is -0.481 e. The molecular weight excluding hydrogens is 316 g/mol. The molecule has 3 atom stereocenters. The number of carboxylic acids is 1. The van der Waals surface area contributed by atoms with E-state index < -0.39 is 5.97 Å². The summed E-state index contributed by atoms with van der Waals surface area (Å²) in [6.07, 6.45) is 5.45. The maximum absolute atomic E-state index is 13.2. The third-order valence-electron chi connectivity index (χ3n) is 5.99. The van der Waals surface area contributed by atoms with E-state index in [0.29, 0.717) is 18.0 Å². The molecule has 3 aliphatic heterocycles. The zero-order chi connectivity index (χ0) is 18.0. The van der Waals surface area contributed by atoms with Gasteiger partial charge in [0.1, 0.15) is 0 Å². The first-order valence-corrected chi connectivity index (χ1v) is 9.28. The van der Waals surface area contributed by atoms with Crippen molar-refractivity contribution in [2.75, 3.05) is 6.54 Å². The quantitative estimate of drug-likeness (QED) is 0.865. The second-order valence-electron chi connectivity index (χ2n) is 7.47. The number of nitrogens with one attached hydrogen (secondary N) is 1.